The van der Waals surface area contributed by atoms with Gasteiger partial charge in [-0.15, -0.1) is 0 Å². The van der Waals surface area contributed by atoms with E-state index in [0.29, 0.717) is 17.9 Å². The number of aryl methyl sites for hydroxylation is 3. The Hall–Kier alpha value is -2.96. The van der Waals surface area contributed by atoms with Gasteiger partial charge >= 0.3 is 0 Å². The molecule has 0 saturated heterocycles. The predicted molar refractivity (Wildman–Crippen MR) is 132 cm³/mol. The summed E-state index contributed by atoms with van der Waals surface area (Å²) in [6.07, 6.45) is 2.61. The van der Waals surface area contributed by atoms with E-state index in [-0.39, 0.29) is 11.9 Å². The van der Waals surface area contributed by atoms with E-state index in [2.05, 4.69) is 9.29 Å². The van der Waals surface area contributed by atoms with Crippen molar-refractivity contribution >= 4 is 20.9 Å². The van der Waals surface area contributed by atoms with Gasteiger partial charge in [-0.05, 0) is 62.1 Å². The van der Waals surface area contributed by atoms with Crippen LogP contribution >= 0.6 is 0 Å². The lowest BCUT2D eigenvalue weighted by molar-refractivity contribution is 0.491. The Kier molecular flexibility index (Phi) is 6.41. The van der Waals surface area contributed by atoms with Gasteiger partial charge in [0, 0.05) is 35.2 Å². The number of rotatable bonds is 7. The highest BCUT2D eigenvalue weighted by atomic mass is 32.2. The number of benzene rings is 3. The van der Waals surface area contributed by atoms with Gasteiger partial charge in [-0.2, -0.15) is 0 Å². The monoisotopic (exact) mass is 464 g/mol. The van der Waals surface area contributed by atoms with E-state index in [0.717, 1.165) is 38.7 Å². The summed E-state index contributed by atoms with van der Waals surface area (Å²) >= 11 is 0. The highest BCUT2D eigenvalue weighted by Gasteiger charge is 2.24. The molecule has 0 aliphatic carbocycles. The maximum atomic E-state index is 13.9. The van der Waals surface area contributed by atoms with Gasteiger partial charge < -0.3 is 4.57 Å². The molecule has 0 aliphatic rings. The number of aromatic nitrogens is 1. The van der Waals surface area contributed by atoms with Crippen LogP contribution in [0.25, 0.3) is 22.0 Å². The number of fused-ring (bicyclic) bond motifs is 1. The van der Waals surface area contributed by atoms with Gasteiger partial charge in [0.15, 0.2) is 0 Å². The van der Waals surface area contributed by atoms with Crippen molar-refractivity contribution in [2.24, 2.45) is 0 Å². The minimum atomic E-state index is -3.69. The van der Waals surface area contributed by atoms with Crippen LogP contribution in [0.15, 0.2) is 71.8 Å². The lowest BCUT2D eigenvalue weighted by atomic mass is 10.1. The number of halogens is 1. The van der Waals surface area contributed by atoms with Crippen LogP contribution in [0.2, 0.25) is 0 Å². The van der Waals surface area contributed by atoms with Crippen LogP contribution in [-0.4, -0.2) is 19.0 Å². The maximum absolute atomic E-state index is 13.9. The van der Waals surface area contributed by atoms with E-state index in [9.17, 15) is 12.8 Å². The Morgan fingerprint density at radius 1 is 0.970 bits per heavy atom. The first-order valence-electron chi connectivity index (χ1n) is 11.1. The Labute approximate surface area is 195 Å². The van der Waals surface area contributed by atoms with Gasteiger partial charge in [0.25, 0.3) is 0 Å². The number of para-hydroxylation sites is 1. The van der Waals surface area contributed by atoms with E-state index in [1.165, 1.54) is 12.1 Å². The molecule has 4 rings (SSSR count). The second-order valence-electron chi connectivity index (χ2n) is 8.68. The van der Waals surface area contributed by atoms with Crippen LogP contribution in [0, 0.1) is 26.6 Å². The molecule has 1 N–H and O–H groups in total. The smallest absolute Gasteiger partial charge is 0.241 e. The molecule has 172 valence electrons. The van der Waals surface area contributed by atoms with E-state index >= 15 is 0 Å². The zero-order valence-corrected chi connectivity index (χ0v) is 20.2. The molecule has 1 heterocycles. The summed E-state index contributed by atoms with van der Waals surface area (Å²) < 4.78 is 45.5. The van der Waals surface area contributed by atoms with Crippen molar-refractivity contribution in [3.05, 3.63) is 89.4 Å². The first-order chi connectivity index (χ1) is 15.7. The van der Waals surface area contributed by atoms with E-state index in [1.54, 1.807) is 6.07 Å². The molecule has 0 amide bonds. The SMILES string of the molecule is CC[C@@H](Cn1cc(-c2cccc(F)c2)c2ccccc21)NS(=O)(=O)c1c(C)cc(C)cc1C. The first kappa shape index (κ1) is 23.2. The molecule has 0 saturated carbocycles. The van der Waals surface area contributed by atoms with E-state index in [4.69, 9.17) is 0 Å². The molecule has 0 fully saturated rings. The minimum Gasteiger partial charge on any atom is -0.345 e. The van der Waals surface area contributed by atoms with Crippen molar-refractivity contribution in [2.75, 3.05) is 0 Å². The number of hydrogen-bond acceptors (Lipinski definition) is 2. The van der Waals surface area contributed by atoms with Gasteiger partial charge in [-0.3, -0.25) is 0 Å². The summed E-state index contributed by atoms with van der Waals surface area (Å²) in [5, 5.41) is 1.01. The molecule has 0 spiro atoms. The first-order valence-corrected chi connectivity index (χ1v) is 12.6. The molecule has 1 aromatic heterocycles. The molecule has 4 aromatic rings. The van der Waals surface area contributed by atoms with Crippen LogP contribution in [0.4, 0.5) is 4.39 Å². The van der Waals surface area contributed by atoms with Crippen molar-refractivity contribution in [2.45, 2.75) is 51.6 Å². The summed E-state index contributed by atoms with van der Waals surface area (Å²) in [6, 6.07) is 18.0. The quantitative estimate of drug-likeness (QED) is 0.358. The lowest BCUT2D eigenvalue weighted by Gasteiger charge is -2.20. The third kappa shape index (κ3) is 4.72. The normalized spacial score (nSPS) is 12.9. The molecule has 33 heavy (non-hydrogen) atoms. The highest BCUT2D eigenvalue weighted by molar-refractivity contribution is 7.89. The fourth-order valence-electron chi connectivity index (χ4n) is 4.64. The summed E-state index contributed by atoms with van der Waals surface area (Å²) in [7, 11) is -3.69. The number of hydrogen-bond donors (Lipinski definition) is 1. The van der Waals surface area contributed by atoms with Gasteiger partial charge in [0.05, 0.1) is 4.90 Å². The Bertz CT molecular complexity index is 1400. The third-order valence-electron chi connectivity index (χ3n) is 6.03. The Balaban J connectivity index is 1.69. The van der Waals surface area contributed by atoms with Crippen LogP contribution < -0.4 is 4.72 Å². The van der Waals surface area contributed by atoms with Crippen LogP contribution in [0.5, 0.6) is 0 Å². The maximum Gasteiger partial charge on any atom is 0.241 e. The average molecular weight is 465 g/mol. The van der Waals surface area contributed by atoms with Gasteiger partial charge in [-0.25, -0.2) is 17.5 Å². The molecule has 4 nitrogen and oxygen atoms in total. The fourth-order valence-corrected chi connectivity index (χ4v) is 6.40. The molecule has 0 aliphatic heterocycles. The van der Waals surface area contributed by atoms with Gasteiger partial charge in [-0.1, -0.05) is 55.0 Å². The summed E-state index contributed by atoms with van der Waals surface area (Å²) in [4.78, 5) is 0.351. The second kappa shape index (κ2) is 9.12. The molecule has 3 aromatic carbocycles. The number of sulfonamides is 1. The molecule has 0 unspecified atom stereocenters. The second-order valence-corrected chi connectivity index (χ2v) is 10.3. The highest BCUT2D eigenvalue weighted by Crippen LogP contribution is 2.31. The zero-order valence-electron chi connectivity index (χ0n) is 19.4. The molecule has 0 bridgehead atoms. The molecule has 1 atom stereocenters. The zero-order chi connectivity index (χ0) is 23.8. The van der Waals surface area contributed by atoms with Crippen LogP contribution in [-0.2, 0) is 16.6 Å². The summed E-state index contributed by atoms with van der Waals surface area (Å²) in [5.41, 5.74) is 5.23. The fraction of sp³-hybridized carbons (Fsp3) is 0.259. The molecule has 6 heteroatoms. The van der Waals surface area contributed by atoms with Crippen molar-refractivity contribution < 1.29 is 12.8 Å². The third-order valence-corrected chi connectivity index (χ3v) is 7.85. The summed E-state index contributed by atoms with van der Waals surface area (Å²) in [5.74, 6) is -0.285. The van der Waals surface area contributed by atoms with Crippen molar-refractivity contribution in [3.63, 3.8) is 0 Å². The lowest BCUT2D eigenvalue weighted by Crippen LogP contribution is -2.38. The summed E-state index contributed by atoms with van der Waals surface area (Å²) in [6.45, 7) is 8.07. The standard InChI is InChI=1S/C27H29FN2O2S/c1-5-23(29-33(31,32)27-19(3)13-18(2)14-20(27)4)16-30-17-25(21-9-8-10-22(28)15-21)24-11-6-7-12-26(24)30/h6-15,17,23,29H,5,16H2,1-4H3/t23-/m0/s1. The predicted octanol–water partition coefficient (Wildman–Crippen LogP) is 6.13. The van der Waals surface area contributed by atoms with E-state index < -0.39 is 10.0 Å². The Morgan fingerprint density at radius 2 is 1.67 bits per heavy atom. The largest absolute Gasteiger partial charge is 0.345 e. The van der Waals surface area contributed by atoms with Crippen molar-refractivity contribution in [3.8, 4) is 11.1 Å². The molecule has 0 radical (unpaired) electrons. The van der Waals surface area contributed by atoms with Crippen molar-refractivity contribution in [1.29, 1.82) is 0 Å². The van der Waals surface area contributed by atoms with Crippen LogP contribution in [0.3, 0.4) is 0 Å². The van der Waals surface area contributed by atoms with E-state index in [1.807, 2.05) is 76.4 Å². The van der Waals surface area contributed by atoms with Gasteiger partial charge in [0.1, 0.15) is 5.82 Å². The van der Waals surface area contributed by atoms with Crippen LogP contribution in [0.1, 0.15) is 30.0 Å². The number of nitrogens with one attached hydrogen (secondary N) is 1. The Morgan fingerprint density at radius 3 is 2.33 bits per heavy atom. The molecular formula is C27H29FN2O2S. The number of nitrogens with zero attached hydrogens (tertiary/aromatic N) is 1. The average Bonchev–Trinajstić information content (AvgIpc) is 3.10. The van der Waals surface area contributed by atoms with Crippen molar-refractivity contribution in [1.82, 2.24) is 9.29 Å². The minimum absolute atomic E-state index is 0.285. The topological polar surface area (TPSA) is 51.1 Å². The molecular weight excluding hydrogens is 435 g/mol. The van der Waals surface area contributed by atoms with Gasteiger partial charge in [0.2, 0.25) is 10.0 Å².